The minimum absolute atomic E-state index is 0.242. The predicted octanol–water partition coefficient (Wildman–Crippen LogP) is 2.25. The van der Waals surface area contributed by atoms with E-state index < -0.39 is 5.97 Å². The highest BCUT2D eigenvalue weighted by Crippen LogP contribution is 2.19. The average Bonchev–Trinajstić information content (AvgIpc) is 2.41. The molecule has 0 unspecified atom stereocenters. The molecular weight excluding hydrogens is 307 g/mol. The molecule has 0 aliphatic rings. The molecule has 0 radical (unpaired) electrons. The molecular formula is C10H9IN2O2. The number of aryl methyl sites for hydroxylation is 2. The zero-order valence-electron chi connectivity index (χ0n) is 8.28. The Kier molecular flexibility index (Phi) is 2.41. The third-order valence-electron chi connectivity index (χ3n) is 2.19. The molecule has 78 valence electrons. The molecule has 2 aromatic heterocycles. The minimum Gasteiger partial charge on any atom is -0.477 e. The number of carbonyl (C=O) groups is 1. The summed E-state index contributed by atoms with van der Waals surface area (Å²) < 4.78 is 2.60. The number of pyridine rings is 1. The van der Waals surface area contributed by atoms with Gasteiger partial charge in [0.2, 0.25) is 0 Å². The van der Waals surface area contributed by atoms with E-state index in [1.165, 1.54) is 0 Å². The standard InChI is InChI=1S/C10H9IN2O2/c1-5-3-7(11)9-12-6(2)8(10(14)15)13(9)4-5/h3-4H,1-2H3,(H,14,15). The summed E-state index contributed by atoms with van der Waals surface area (Å²) in [5.41, 5.74) is 2.51. The summed E-state index contributed by atoms with van der Waals surface area (Å²) in [6, 6.07) is 1.98. The molecule has 0 aliphatic carbocycles. The predicted molar refractivity (Wildman–Crippen MR) is 64.3 cm³/mol. The Morgan fingerprint density at radius 3 is 2.80 bits per heavy atom. The number of carboxylic acid groups (broad SMARTS) is 1. The zero-order valence-corrected chi connectivity index (χ0v) is 10.4. The van der Waals surface area contributed by atoms with E-state index in [1.54, 1.807) is 17.5 Å². The highest BCUT2D eigenvalue weighted by Gasteiger charge is 2.16. The quantitative estimate of drug-likeness (QED) is 0.821. The second-order valence-electron chi connectivity index (χ2n) is 3.41. The molecule has 1 N–H and O–H groups in total. The molecule has 5 heteroatoms. The summed E-state index contributed by atoms with van der Waals surface area (Å²) in [6.07, 6.45) is 1.79. The Bertz CT molecular complexity index is 560. The van der Waals surface area contributed by atoms with Crippen LogP contribution in [0.3, 0.4) is 0 Å². The summed E-state index contributed by atoms with van der Waals surface area (Å²) in [5.74, 6) is -0.943. The first-order valence-corrected chi connectivity index (χ1v) is 5.46. The molecule has 2 aromatic rings. The van der Waals surface area contributed by atoms with E-state index in [0.29, 0.717) is 11.3 Å². The molecule has 0 amide bonds. The van der Waals surface area contributed by atoms with Gasteiger partial charge in [-0.2, -0.15) is 0 Å². The van der Waals surface area contributed by atoms with Crippen molar-refractivity contribution in [1.82, 2.24) is 9.38 Å². The van der Waals surface area contributed by atoms with Crippen LogP contribution in [0, 0.1) is 17.4 Å². The van der Waals surface area contributed by atoms with Crippen LogP contribution in [0.4, 0.5) is 0 Å². The van der Waals surface area contributed by atoms with Gasteiger partial charge in [-0.15, -0.1) is 0 Å². The summed E-state index contributed by atoms with van der Waals surface area (Å²) in [4.78, 5) is 15.3. The van der Waals surface area contributed by atoms with Crippen molar-refractivity contribution in [3.05, 3.63) is 32.8 Å². The highest BCUT2D eigenvalue weighted by atomic mass is 127. The van der Waals surface area contributed by atoms with Gasteiger partial charge in [0.25, 0.3) is 0 Å². The van der Waals surface area contributed by atoms with Crippen LogP contribution in [0.2, 0.25) is 0 Å². The molecule has 2 heterocycles. The maximum atomic E-state index is 11.1. The number of nitrogens with zero attached hydrogens (tertiary/aromatic N) is 2. The van der Waals surface area contributed by atoms with E-state index in [-0.39, 0.29) is 5.69 Å². The molecule has 0 fully saturated rings. The first kappa shape index (κ1) is 10.4. The SMILES string of the molecule is Cc1cc(I)c2nc(C)c(C(=O)O)n2c1. The van der Waals surface area contributed by atoms with Gasteiger partial charge in [-0.1, -0.05) is 0 Å². The molecule has 0 atom stereocenters. The van der Waals surface area contributed by atoms with Crippen LogP contribution in [-0.2, 0) is 0 Å². The molecule has 0 bridgehead atoms. The Hall–Kier alpha value is -1.11. The van der Waals surface area contributed by atoms with Crippen LogP contribution in [0.5, 0.6) is 0 Å². The van der Waals surface area contributed by atoms with Gasteiger partial charge in [-0.05, 0) is 48.1 Å². The van der Waals surface area contributed by atoms with Crippen molar-refractivity contribution in [3.8, 4) is 0 Å². The highest BCUT2D eigenvalue weighted by molar-refractivity contribution is 14.1. The van der Waals surface area contributed by atoms with Crippen molar-refractivity contribution in [2.24, 2.45) is 0 Å². The number of hydrogen-bond donors (Lipinski definition) is 1. The molecule has 0 spiro atoms. The monoisotopic (exact) mass is 316 g/mol. The molecule has 0 aromatic carbocycles. The Morgan fingerprint density at radius 1 is 1.53 bits per heavy atom. The van der Waals surface area contributed by atoms with E-state index >= 15 is 0 Å². The summed E-state index contributed by atoms with van der Waals surface area (Å²) in [5, 5.41) is 9.07. The molecule has 4 nitrogen and oxygen atoms in total. The molecule has 0 saturated heterocycles. The van der Waals surface area contributed by atoms with Gasteiger partial charge in [0, 0.05) is 6.20 Å². The molecule has 0 aliphatic heterocycles. The normalized spacial score (nSPS) is 10.9. The minimum atomic E-state index is -0.943. The fraction of sp³-hybridized carbons (Fsp3) is 0.200. The van der Waals surface area contributed by atoms with Gasteiger partial charge in [-0.25, -0.2) is 9.78 Å². The van der Waals surface area contributed by atoms with Crippen molar-refractivity contribution < 1.29 is 9.90 Å². The van der Waals surface area contributed by atoms with Gasteiger partial charge in [0.15, 0.2) is 11.3 Å². The summed E-state index contributed by atoms with van der Waals surface area (Å²) in [7, 11) is 0. The first-order chi connectivity index (χ1) is 7.00. The Balaban J connectivity index is 2.93. The lowest BCUT2D eigenvalue weighted by atomic mass is 10.3. The van der Waals surface area contributed by atoms with Crippen molar-refractivity contribution in [3.63, 3.8) is 0 Å². The van der Waals surface area contributed by atoms with Crippen LogP contribution in [-0.4, -0.2) is 20.5 Å². The number of aromatic carboxylic acids is 1. The van der Waals surface area contributed by atoms with E-state index in [1.807, 2.05) is 13.0 Å². The third kappa shape index (κ3) is 1.60. The molecule has 15 heavy (non-hydrogen) atoms. The largest absolute Gasteiger partial charge is 0.477 e. The maximum absolute atomic E-state index is 11.1. The number of hydrogen-bond acceptors (Lipinski definition) is 2. The number of imidazole rings is 1. The second-order valence-corrected chi connectivity index (χ2v) is 4.57. The Labute approximate surface area is 100 Å². The van der Waals surface area contributed by atoms with E-state index in [2.05, 4.69) is 27.6 Å². The lowest BCUT2D eigenvalue weighted by molar-refractivity contribution is 0.0688. The number of fused-ring (bicyclic) bond motifs is 1. The van der Waals surface area contributed by atoms with Crippen molar-refractivity contribution >= 4 is 34.2 Å². The van der Waals surface area contributed by atoms with E-state index in [0.717, 1.165) is 9.13 Å². The van der Waals surface area contributed by atoms with Crippen molar-refractivity contribution in [2.75, 3.05) is 0 Å². The summed E-state index contributed by atoms with van der Waals surface area (Å²) >= 11 is 2.16. The second kappa shape index (κ2) is 3.48. The third-order valence-corrected chi connectivity index (χ3v) is 2.98. The fourth-order valence-electron chi connectivity index (χ4n) is 1.60. The topological polar surface area (TPSA) is 54.6 Å². The maximum Gasteiger partial charge on any atom is 0.354 e. The number of halogens is 1. The van der Waals surface area contributed by atoms with Gasteiger partial charge >= 0.3 is 5.97 Å². The number of aromatic nitrogens is 2. The smallest absolute Gasteiger partial charge is 0.354 e. The van der Waals surface area contributed by atoms with Crippen molar-refractivity contribution in [1.29, 1.82) is 0 Å². The van der Waals surface area contributed by atoms with E-state index in [9.17, 15) is 4.79 Å². The molecule has 2 rings (SSSR count). The van der Waals surface area contributed by atoms with Crippen LogP contribution >= 0.6 is 22.6 Å². The van der Waals surface area contributed by atoms with Crippen LogP contribution in [0.15, 0.2) is 12.3 Å². The van der Waals surface area contributed by atoms with Gasteiger partial charge < -0.3 is 5.11 Å². The average molecular weight is 316 g/mol. The fourth-order valence-corrected chi connectivity index (χ4v) is 2.47. The van der Waals surface area contributed by atoms with Gasteiger partial charge in [-0.3, -0.25) is 4.40 Å². The van der Waals surface area contributed by atoms with E-state index in [4.69, 9.17) is 5.11 Å². The summed E-state index contributed by atoms with van der Waals surface area (Å²) in [6.45, 7) is 3.64. The van der Waals surface area contributed by atoms with Crippen LogP contribution < -0.4 is 0 Å². The van der Waals surface area contributed by atoms with Crippen molar-refractivity contribution in [2.45, 2.75) is 13.8 Å². The number of carboxylic acids is 1. The van der Waals surface area contributed by atoms with Gasteiger partial charge in [0.05, 0.1) is 9.26 Å². The molecule has 0 saturated carbocycles. The van der Waals surface area contributed by atoms with Crippen LogP contribution in [0.1, 0.15) is 21.7 Å². The lowest BCUT2D eigenvalue weighted by Gasteiger charge is -2.01. The first-order valence-electron chi connectivity index (χ1n) is 4.39. The zero-order chi connectivity index (χ0) is 11.2. The van der Waals surface area contributed by atoms with Crippen LogP contribution in [0.25, 0.3) is 5.65 Å². The Morgan fingerprint density at radius 2 is 2.20 bits per heavy atom. The number of rotatable bonds is 1. The van der Waals surface area contributed by atoms with Gasteiger partial charge in [0.1, 0.15) is 0 Å². The lowest BCUT2D eigenvalue weighted by Crippen LogP contribution is -2.04.